The zero-order valence-electron chi connectivity index (χ0n) is 20.9. The summed E-state index contributed by atoms with van der Waals surface area (Å²) in [7, 11) is -2.40. The van der Waals surface area contributed by atoms with Gasteiger partial charge in [0.15, 0.2) is 11.5 Å². The van der Waals surface area contributed by atoms with Crippen molar-refractivity contribution in [2.24, 2.45) is 5.10 Å². The van der Waals surface area contributed by atoms with E-state index >= 15 is 0 Å². The molecule has 0 bridgehead atoms. The first-order chi connectivity index (χ1) is 16.5. The Morgan fingerprint density at radius 2 is 1.89 bits per heavy atom. The fourth-order valence-electron chi connectivity index (χ4n) is 3.35. The molecule has 1 unspecified atom stereocenters. The molecular formula is C25H28F4N4O2Si. The normalized spacial score (nSPS) is 18.2. The van der Waals surface area contributed by atoms with E-state index in [0.29, 0.717) is 11.3 Å². The third kappa shape index (κ3) is 5.38. The van der Waals surface area contributed by atoms with Gasteiger partial charge in [-0.15, -0.1) is 0 Å². The predicted molar refractivity (Wildman–Crippen MR) is 133 cm³/mol. The molecule has 2 N–H and O–H groups in total. The fraction of sp³-hybridized carbons (Fsp3) is 0.400. The van der Waals surface area contributed by atoms with Gasteiger partial charge in [0, 0.05) is 17.7 Å². The first kappa shape index (κ1) is 27.2. The summed E-state index contributed by atoms with van der Waals surface area (Å²) in [5, 5.41) is 6.54. The van der Waals surface area contributed by atoms with Crippen LogP contribution in [-0.4, -0.2) is 25.5 Å². The molecule has 192 valence electrons. The second-order valence-corrected chi connectivity index (χ2v) is 15.2. The van der Waals surface area contributed by atoms with Crippen LogP contribution in [0.2, 0.25) is 18.1 Å². The lowest BCUT2D eigenvalue weighted by molar-refractivity contribution is -0.136. The molecule has 2 aromatic rings. The molecule has 0 aliphatic carbocycles. The van der Waals surface area contributed by atoms with E-state index in [1.165, 1.54) is 18.2 Å². The van der Waals surface area contributed by atoms with E-state index in [2.05, 4.69) is 20.7 Å². The minimum Gasteiger partial charge on any atom is -0.541 e. The molecule has 1 aliphatic rings. The van der Waals surface area contributed by atoms with Crippen molar-refractivity contribution in [1.29, 1.82) is 0 Å². The average Bonchev–Trinajstić information content (AvgIpc) is 3.17. The van der Waals surface area contributed by atoms with E-state index in [1.54, 1.807) is 13.0 Å². The van der Waals surface area contributed by atoms with Crippen molar-refractivity contribution < 1.29 is 26.8 Å². The van der Waals surface area contributed by atoms with Gasteiger partial charge < -0.3 is 9.74 Å². The molecule has 0 fully saturated rings. The maximum Gasteiger partial charge on any atom is 0.407 e. The maximum absolute atomic E-state index is 14.9. The molecule has 1 heterocycles. The van der Waals surface area contributed by atoms with Crippen molar-refractivity contribution >= 4 is 31.3 Å². The Balaban J connectivity index is 1.85. The zero-order valence-corrected chi connectivity index (χ0v) is 21.9. The van der Waals surface area contributed by atoms with Crippen molar-refractivity contribution in [3.8, 4) is 5.75 Å². The number of halogens is 4. The molecule has 0 aromatic heterocycles. The first-order valence-electron chi connectivity index (χ1n) is 11.2. The minimum atomic E-state index is -4.75. The van der Waals surface area contributed by atoms with Gasteiger partial charge in [-0.2, -0.15) is 18.3 Å². The molecule has 11 heteroatoms. The number of nitrogens with one attached hydrogen (secondary N) is 2. The molecule has 1 amide bonds. The standard InChI is InChI=1S/C25H28F4N4O2Si/c1-23(2,3)36(6,7)35-21-16(9-8-10-18(21)26)20-14-24(4,33-32-20)22(34)31-15-11-12-19(30-5)17(13-15)25(27,28)29/h8-13,33H,14H2,1-4,6-7H3,(H,31,34). The van der Waals surface area contributed by atoms with E-state index in [0.717, 1.165) is 12.1 Å². The number of alkyl halides is 3. The summed E-state index contributed by atoms with van der Waals surface area (Å²) < 4.78 is 61.1. The van der Waals surface area contributed by atoms with Gasteiger partial charge in [0.1, 0.15) is 11.3 Å². The lowest BCUT2D eigenvalue weighted by Crippen LogP contribution is -2.48. The number of rotatable bonds is 5. The second kappa shape index (κ2) is 9.24. The lowest BCUT2D eigenvalue weighted by atomic mass is 9.92. The van der Waals surface area contributed by atoms with Crippen LogP contribution in [-0.2, 0) is 11.0 Å². The second-order valence-electron chi connectivity index (χ2n) is 10.5. The van der Waals surface area contributed by atoms with Gasteiger partial charge in [0.25, 0.3) is 14.2 Å². The van der Waals surface area contributed by atoms with Crippen LogP contribution in [0.1, 0.15) is 45.2 Å². The quantitative estimate of drug-likeness (QED) is 0.257. The van der Waals surface area contributed by atoms with Gasteiger partial charge in [0.05, 0.1) is 17.8 Å². The highest BCUT2D eigenvalue weighted by Gasteiger charge is 2.43. The predicted octanol–water partition coefficient (Wildman–Crippen LogP) is 6.87. The topological polar surface area (TPSA) is 67.1 Å². The molecule has 0 spiro atoms. The SMILES string of the molecule is [C-]#[N+]c1ccc(NC(=O)C2(C)CC(c3cccc(F)c3O[Si](C)(C)C(C)(C)C)=NN2)cc1C(F)(F)F. The number of hydrogen-bond acceptors (Lipinski definition) is 4. The van der Waals surface area contributed by atoms with Crippen LogP contribution in [0, 0.1) is 12.4 Å². The number of hydrazone groups is 1. The molecule has 1 aliphatic heterocycles. The van der Waals surface area contributed by atoms with Crippen molar-refractivity contribution in [2.75, 3.05) is 5.32 Å². The van der Waals surface area contributed by atoms with Gasteiger partial charge >= 0.3 is 6.18 Å². The Bertz CT molecular complexity index is 1260. The van der Waals surface area contributed by atoms with Crippen molar-refractivity contribution in [3.63, 3.8) is 0 Å². The van der Waals surface area contributed by atoms with E-state index in [1.807, 2.05) is 33.9 Å². The Morgan fingerprint density at radius 1 is 1.22 bits per heavy atom. The number of carbonyl (C=O) groups excluding carboxylic acids is 1. The highest BCUT2D eigenvalue weighted by molar-refractivity contribution is 6.74. The van der Waals surface area contributed by atoms with Crippen molar-refractivity contribution in [2.45, 2.75) is 64.0 Å². The molecular weight excluding hydrogens is 492 g/mol. The van der Waals surface area contributed by atoms with Crippen molar-refractivity contribution in [3.05, 3.63) is 64.8 Å². The molecule has 3 rings (SSSR count). The van der Waals surface area contributed by atoms with Crippen LogP contribution < -0.4 is 15.2 Å². The van der Waals surface area contributed by atoms with Crippen LogP contribution in [0.5, 0.6) is 5.75 Å². The Hall–Kier alpha value is -3.39. The Labute approximate surface area is 208 Å². The van der Waals surface area contributed by atoms with Crippen molar-refractivity contribution in [1.82, 2.24) is 5.43 Å². The summed E-state index contributed by atoms with van der Waals surface area (Å²) in [6.07, 6.45) is -4.70. The highest BCUT2D eigenvalue weighted by Crippen LogP contribution is 2.41. The van der Waals surface area contributed by atoms with Crippen LogP contribution in [0.15, 0.2) is 41.5 Å². The number of hydrogen-bond donors (Lipinski definition) is 2. The third-order valence-electron chi connectivity index (χ3n) is 6.58. The van der Waals surface area contributed by atoms with Crippen LogP contribution in [0.3, 0.4) is 0 Å². The zero-order chi connectivity index (χ0) is 27.1. The van der Waals surface area contributed by atoms with Crippen LogP contribution >= 0.6 is 0 Å². The Kier molecular flexibility index (Phi) is 6.98. The van der Waals surface area contributed by atoms with E-state index < -0.39 is 43.0 Å². The first-order valence-corrected chi connectivity index (χ1v) is 14.1. The van der Waals surface area contributed by atoms with Crippen LogP contribution in [0.4, 0.5) is 28.9 Å². The third-order valence-corrected chi connectivity index (χ3v) is 10.9. The molecule has 0 radical (unpaired) electrons. The summed E-state index contributed by atoms with van der Waals surface area (Å²) in [6, 6.07) is 7.45. The minimum absolute atomic E-state index is 0.0441. The molecule has 6 nitrogen and oxygen atoms in total. The van der Waals surface area contributed by atoms with E-state index in [4.69, 9.17) is 11.0 Å². The smallest absolute Gasteiger partial charge is 0.407 e. The molecule has 36 heavy (non-hydrogen) atoms. The summed E-state index contributed by atoms with van der Waals surface area (Å²) in [4.78, 5) is 15.9. The monoisotopic (exact) mass is 520 g/mol. The maximum atomic E-state index is 14.9. The van der Waals surface area contributed by atoms with Crippen LogP contribution in [0.25, 0.3) is 4.85 Å². The number of amides is 1. The number of anilines is 1. The molecule has 1 atom stereocenters. The van der Waals surface area contributed by atoms with E-state index in [-0.39, 0.29) is 22.9 Å². The van der Waals surface area contributed by atoms with Gasteiger partial charge in [-0.3, -0.25) is 10.2 Å². The van der Waals surface area contributed by atoms with Gasteiger partial charge in [0.2, 0.25) is 0 Å². The largest absolute Gasteiger partial charge is 0.541 e. The molecule has 0 saturated carbocycles. The highest BCUT2D eigenvalue weighted by atomic mass is 28.4. The lowest BCUT2D eigenvalue weighted by Gasteiger charge is -2.37. The van der Waals surface area contributed by atoms with E-state index in [9.17, 15) is 22.4 Å². The summed E-state index contributed by atoms with van der Waals surface area (Å²) >= 11 is 0. The summed E-state index contributed by atoms with van der Waals surface area (Å²) in [6.45, 7) is 18.6. The van der Waals surface area contributed by atoms with Gasteiger partial charge in [-0.25, -0.2) is 9.24 Å². The number of carbonyl (C=O) groups is 1. The number of nitrogens with zero attached hydrogens (tertiary/aromatic N) is 2. The summed E-state index contributed by atoms with van der Waals surface area (Å²) in [5.41, 5.74) is 0.429. The van der Waals surface area contributed by atoms with Gasteiger partial charge in [-0.1, -0.05) is 32.9 Å². The molecule has 0 saturated heterocycles. The number of benzene rings is 2. The molecule has 2 aromatic carbocycles. The number of para-hydroxylation sites is 1. The summed E-state index contributed by atoms with van der Waals surface area (Å²) in [5.74, 6) is -1.11. The Morgan fingerprint density at radius 3 is 2.47 bits per heavy atom. The van der Waals surface area contributed by atoms with Gasteiger partial charge in [-0.05, 0) is 49.3 Å². The average molecular weight is 521 g/mol. The fourth-order valence-corrected chi connectivity index (χ4v) is 4.37.